The van der Waals surface area contributed by atoms with Crippen LogP contribution in [0.4, 0.5) is 0 Å². The van der Waals surface area contributed by atoms with Gasteiger partial charge in [-0.25, -0.2) is 0 Å². The van der Waals surface area contributed by atoms with Crippen LogP contribution < -0.4 is 11.1 Å². The number of likely N-dealkylation sites (tertiary alicyclic amines) is 2. The van der Waals surface area contributed by atoms with Crippen LogP contribution in [0.5, 0.6) is 0 Å². The summed E-state index contributed by atoms with van der Waals surface area (Å²) < 4.78 is 5.73. The summed E-state index contributed by atoms with van der Waals surface area (Å²) in [6.45, 7) is 28.8. The van der Waals surface area contributed by atoms with Crippen LogP contribution in [0, 0.1) is 17.8 Å². The fraction of sp³-hybridized carbons (Fsp3) is 1.00. The maximum atomic E-state index is 5.73. The van der Waals surface area contributed by atoms with Crippen molar-refractivity contribution in [1.82, 2.24) is 20.0 Å². The van der Waals surface area contributed by atoms with Crippen LogP contribution in [-0.4, -0.2) is 106 Å². The van der Waals surface area contributed by atoms with Gasteiger partial charge in [0.2, 0.25) is 0 Å². The Morgan fingerprint density at radius 3 is 1.79 bits per heavy atom. The molecular formula is C27H59N5O. The molecule has 0 bridgehead atoms. The van der Waals surface area contributed by atoms with Crippen LogP contribution in [0.2, 0.25) is 0 Å². The lowest BCUT2D eigenvalue weighted by Gasteiger charge is -2.28. The van der Waals surface area contributed by atoms with Gasteiger partial charge in [0.1, 0.15) is 0 Å². The first-order valence-corrected chi connectivity index (χ1v) is 14.0. The van der Waals surface area contributed by atoms with E-state index in [-0.39, 0.29) is 0 Å². The summed E-state index contributed by atoms with van der Waals surface area (Å²) in [5.74, 6) is 2.43. The van der Waals surface area contributed by atoms with Crippen molar-refractivity contribution >= 4 is 0 Å². The lowest BCUT2D eigenvalue weighted by molar-refractivity contribution is 0.0577. The molecule has 33 heavy (non-hydrogen) atoms. The van der Waals surface area contributed by atoms with E-state index in [0.29, 0.717) is 6.10 Å². The SMILES string of the molecule is CC(C)CN1CCC(OCCCN)C1.CC(C)CN1CCCC1.CC(C)CN1CCNCC1. The van der Waals surface area contributed by atoms with Gasteiger partial charge >= 0.3 is 0 Å². The third kappa shape index (κ3) is 16.9. The minimum atomic E-state index is 0.459. The zero-order chi connectivity index (χ0) is 24.5. The van der Waals surface area contributed by atoms with E-state index in [1.807, 2.05) is 0 Å². The first-order chi connectivity index (χ1) is 15.8. The lowest BCUT2D eigenvalue weighted by atomic mass is 10.2. The van der Waals surface area contributed by atoms with Crippen LogP contribution >= 0.6 is 0 Å². The summed E-state index contributed by atoms with van der Waals surface area (Å²) in [7, 11) is 0. The second-order valence-electron chi connectivity index (χ2n) is 11.4. The zero-order valence-electron chi connectivity index (χ0n) is 23.2. The smallest absolute Gasteiger partial charge is 0.0714 e. The summed E-state index contributed by atoms with van der Waals surface area (Å²) in [5, 5.41) is 3.35. The molecule has 3 aliphatic rings. The standard InChI is InChI=1S/C11H24N2O.C8H18N2.C8H17N/c1-10(2)8-13-6-4-11(9-13)14-7-3-5-12;1-8(2)7-10-5-3-9-4-6-10;1-8(2)7-9-5-3-4-6-9/h10-11H,3-9,12H2,1-2H3;8-9H,3-7H2,1-2H3;8H,3-7H2,1-2H3. The van der Waals surface area contributed by atoms with Crippen molar-refractivity contribution in [1.29, 1.82) is 0 Å². The molecule has 0 aromatic rings. The number of piperazine rings is 1. The molecule has 3 aliphatic heterocycles. The van der Waals surface area contributed by atoms with Gasteiger partial charge < -0.3 is 30.5 Å². The Morgan fingerprint density at radius 1 is 0.758 bits per heavy atom. The molecule has 3 fully saturated rings. The average Bonchev–Trinajstić information content (AvgIpc) is 3.41. The molecule has 0 saturated carbocycles. The second kappa shape index (κ2) is 19.0. The van der Waals surface area contributed by atoms with Crippen LogP contribution in [0.25, 0.3) is 0 Å². The molecule has 198 valence electrons. The number of ether oxygens (including phenoxy) is 1. The molecular weight excluding hydrogens is 410 g/mol. The van der Waals surface area contributed by atoms with Gasteiger partial charge in [-0.3, -0.25) is 0 Å². The van der Waals surface area contributed by atoms with Crippen molar-refractivity contribution < 1.29 is 4.74 Å². The topological polar surface area (TPSA) is 57.0 Å². The van der Waals surface area contributed by atoms with Crippen molar-refractivity contribution in [2.45, 2.75) is 73.3 Å². The zero-order valence-corrected chi connectivity index (χ0v) is 23.2. The Hall–Kier alpha value is -0.240. The molecule has 1 unspecified atom stereocenters. The van der Waals surface area contributed by atoms with Crippen molar-refractivity contribution in [3.63, 3.8) is 0 Å². The van der Waals surface area contributed by atoms with E-state index in [1.54, 1.807) is 0 Å². The van der Waals surface area contributed by atoms with Crippen molar-refractivity contribution in [2.75, 3.05) is 85.1 Å². The van der Waals surface area contributed by atoms with Gasteiger partial charge in [-0.15, -0.1) is 0 Å². The Labute approximate surface area is 207 Å². The lowest BCUT2D eigenvalue weighted by Crippen LogP contribution is -2.44. The Kier molecular flexibility index (Phi) is 17.7. The maximum Gasteiger partial charge on any atom is 0.0714 e. The van der Waals surface area contributed by atoms with E-state index in [1.165, 1.54) is 84.7 Å². The number of nitrogens with zero attached hydrogens (tertiary/aromatic N) is 3. The van der Waals surface area contributed by atoms with Crippen molar-refractivity contribution in [3.8, 4) is 0 Å². The Morgan fingerprint density at radius 2 is 1.27 bits per heavy atom. The maximum absolute atomic E-state index is 5.73. The molecule has 1 atom stereocenters. The summed E-state index contributed by atoms with van der Waals surface area (Å²) in [5.41, 5.74) is 5.42. The fourth-order valence-corrected chi connectivity index (χ4v) is 4.84. The highest BCUT2D eigenvalue weighted by atomic mass is 16.5. The predicted molar refractivity (Wildman–Crippen MR) is 144 cm³/mol. The minimum absolute atomic E-state index is 0.459. The van der Waals surface area contributed by atoms with Gasteiger partial charge in [-0.1, -0.05) is 41.5 Å². The van der Waals surface area contributed by atoms with Gasteiger partial charge in [0, 0.05) is 65.5 Å². The summed E-state index contributed by atoms with van der Waals surface area (Å²) >= 11 is 0. The van der Waals surface area contributed by atoms with Crippen LogP contribution in [0.1, 0.15) is 67.2 Å². The molecule has 3 N–H and O–H groups in total. The monoisotopic (exact) mass is 469 g/mol. The highest BCUT2D eigenvalue weighted by Crippen LogP contribution is 2.14. The number of hydrogen-bond acceptors (Lipinski definition) is 6. The average molecular weight is 470 g/mol. The van der Waals surface area contributed by atoms with Crippen LogP contribution in [0.3, 0.4) is 0 Å². The van der Waals surface area contributed by atoms with Gasteiger partial charge in [-0.05, 0) is 63.1 Å². The van der Waals surface area contributed by atoms with Gasteiger partial charge in [0.05, 0.1) is 6.10 Å². The molecule has 6 heteroatoms. The molecule has 0 amide bonds. The third-order valence-electron chi connectivity index (χ3n) is 6.21. The van der Waals surface area contributed by atoms with Crippen molar-refractivity contribution in [3.05, 3.63) is 0 Å². The molecule has 0 aromatic carbocycles. The first kappa shape index (κ1) is 30.8. The number of nitrogens with one attached hydrogen (secondary N) is 1. The highest BCUT2D eigenvalue weighted by Gasteiger charge is 2.22. The number of nitrogens with two attached hydrogens (primary N) is 1. The predicted octanol–water partition coefficient (Wildman–Crippen LogP) is 3.37. The first-order valence-electron chi connectivity index (χ1n) is 14.0. The summed E-state index contributed by atoms with van der Waals surface area (Å²) in [6, 6.07) is 0. The fourth-order valence-electron chi connectivity index (χ4n) is 4.84. The van der Waals surface area contributed by atoms with Crippen LogP contribution in [-0.2, 0) is 4.74 Å². The van der Waals surface area contributed by atoms with Crippen molar-refractivity contribution in [2.24, 2.45) is 23.5 Å². The number of rotatable bonds is 10. The Balaban J connectivity index is 0.000000255. The largest absolute Gasteiger partial charge is 0.377 e. The normalized spacial score (nSPS) is 22.5. The Bertz CT molecular complexity index is 434. The van der Waals surface area contributed by atoms with Gasteiger partial charge in [-0.2, -0.15) is 0 Å². The molecule has 0 aliphatic carbocycles. The molecule has 6 nitrogen and oxygen atoms in total. The van der Waals surface area contributed by atoms with E-state index < -0.39 is 0 Å². The summed E-state index contributed by atoms with van der Waals surface area (Å²) in [4.78, 5) is 7.59. The molecule has 0 radical (unpaired) electrons. The second-order valence-corrected chi connectivity index (χ2v) is 11.4. The number of hydrogen-bond donors (Lipinski definition) is 2. The molecule has 3 heterocycles. The van der Waals surface area contributed by atoms with E-state index >= 15 is 0 Å². The van der Waals surface area contributed by atoms with Gasteiger partial charge in [0.25, 0.3) is 0 Å². The quantitative estimate of drug-likeness (QED) is 0.479. The van der Waals surface area contributed by atoms with Gasteiger partial charge in [0.15, 0.2) is 0 Å². The van der Waals surface area contributed by atoms with E-state index in [9.17, 15) is 0 Å². The van der Waals surface area contributed by atoms with E-state index in [4.69, 9.17) is 10.5 Å². The third-order valence-corrected chi connectivity index (χ3v) is 6.21. The highest BCUT2D eigenvalue weighted by molar-refractivity contribution is 4.76. The minimum Gasteiger partial charge on any atom is -0.377 e. The molecule has 3 rings (SSSR count). The molecule has 3 saturated heterocycles. The molecule has 0 aromatic heterocycles. The molecule has 0 spiro atoms. The van der Waals surface area contributed by atoms with E-state index in [0.717, 1.165) is 43.9 Å². The van der Waals surface area contributed by atoms with E-state index in [2.05, 4.69) is 61.6 Å². The summed E-state index contributed by atoms with van der Waals surface area (Å²) in [6.07, 6.45) is 5.48. The van der Waals surface area contributed by atoms with Crippen LogP contribution in [0.15, 0.2) is 0 Å².